The molecule has 0 fully saturated rings. The van der Waals surface area contributed by atoms with Crippen molar-refractivity contribution in [1.29, 1.82) is 0 Å². The number of terminal acetylenes is 1. The Bertz CT molecular complexity index is 314. The first-order chi connectivity index (χ1) is 6.24. The maximum atomic E-state index is 5.20. The summed E-state index contributed by atoms with van der Waals surface area (Å²) in [5, 5.41) is 3.19. The van der Waals surface area contributed by atoms with E-state index < -0.39 is 0 Å². The number of nitrogens with zero attached hydrogens (tertiary/aromatic N) is 2. The standard InChI is InChI=1S/C10H13N3/c1-4-5-8(2)13-10-9(3)11-6-7-12-10/h1,6-8H,5H2,2-3H3,(H,12,13). The zero-order valence-electron chi connectivity index (χ0n) is 7.91. The Kier molecular flexibility index (Phi) is 3.27. The molecule has 0 spiro atoms. The van der Waals surface area contributed by atoms with Crippen LogP contribution in [0.3, 0.4) is 0 Å². The van der Waals surface area contributed by atoms with Gasteiger partial charge in [-0.05, 0) is 13.8 Å². The van der Waals surface area contributed by atoms with E-state index in [-0.39, 0.29) is 6.04 Å². The molecule has 1 rings (SSSR count). The van der Waals surface area contributed by atoms with Gasteiger partial charge in [0.2, 0.25) is 0 Å². The maximum Gasteiger partial charge on any atom is 0.147 e. The number of rotatable bonds is 3. The Labute approximate surface area is 78.6 Å². The quantitative estimate of drug-likeness (QED) is 0.709. The summed E-state index contributed by atoms with van der Waals surface area (Å²) in [4.78, 5) is 8.27. The minimum absolute atomic E-state index is 0.236. The van der Waals surface area contributed by atoms with Crippen molar-refractivity contribution in [3.05, 3.63) is 18.1 Å². The molecule has 1 aromatic rings. The molecule has 0 aromatic carbocycles. The minimum Gasteiger partial charge on any atom is -0.365 e. The van der Waals surface area contributed by atoms with E-state index in [2.05, 4.69) is 21.2 Å². The van der Waals surface area contributed by atoms with Crippen LogP contribution in [0.15, 0.2) is 12.4 Å². The molecular formula is C10H13N3. The van der Waals surface area contributed by atoms with E-state index in [0.29, 0.717) is 6.42 Å². The van der Waals surface area contributed by atoms with E-state index in [4.69, 9.17) is 6.42 Å². The lowest BCUT2D eigenvalue weighted by Gasteiger charge is -2.12. The molecule has 0 aliphatic carbocycles. The zero-order chi connectivity index (χ0) is 9.68. The van der Waals surface area contributed by atoms with E-state index in [0.717, 1.165) is 11.5 Å². The van der Waals surface area contributed by atoms with E-state index in [1.165, 1.54) is 0 Å². The average Bonchev–Trinajstić information content (AvgIpc) is 2.09. The highest BCUT2D eigenvalue weighted by molar-refractivity contribution is 5.39. The summed E-state index contributed by atoms with van der Waals surface area (Å²) >= 11 is 0. The number of hydrogen-bond acceptors (Lipinski definition) is 3. The van der Waals surface area contributed by atoms with Crippen LogP contribution in [0.4, 0.5) is 5.82 Å². The van der Waals surface area contributed by atoms with Crippen molar-refractivity contribution < 1.29 is 0 Å². The van der Waals surface area contributed by atoms with Crippen LogP contribution in [0.1, 0.15) is 19.0 Å². The Balaban J connectivity index is 2.64. The molecule has 1 unspecified atom stereocenters. The predicted molar refractivity (Wildman–Crippen MR) is 53.3 cm³/mol. The predicted octanol–water partition coefficient (Wildman–Crippen LogP) is 1.61. The van der Waals surface area contributed by atoms with Gasteiger partial charge in [-0.3, -0.25) is 4.98 Å². The SMILES string of the molecule is C#CCC(C)Nc1nccnc1C. The van der Waals surface area contributed by atoms with Gasteiger partial charge in [-0.2, -0.15) is 0 Å². The van der Waals surface area contributed by atoms with Gasteiger partial charge >= 0.3 is 0 Å². The Morgan fingerprint density at radius 1 is 1.54 bits per heavy atom. The fraction of sp³-hybridized carbons (Fsp3) is 0.400. The first-order valence-electron chi connectivity index (χ1n) is 4.21. The third-order valence-electron chi connectivity index (χ3n) is 1.69. The number of anilines is 1. The van der Waals surface area contributed by atoms with Gasteiger partial charge in [-0.25, -0.2) is 4.98 Å². The molecule has 1 atom stereocenters. The van der Waals surface area contributed by atoms with Crippen molar-refractivity contribution in [2.75, 3.05) is 5.32 Å². The average molecular weight is 175 g/mol. The fourth-order valence-electron chi connectivity index (χ4n) is 1.01. The maximum absolute atomic E-state index is 5.20. The van der Waals surface area contributed by atoms with Gasteiger partial charge in [-0.1, -0.05) is 0 Å². The largest absolute Gasteiger partial charge is 0.365 e. The van der Waals surface area contributed by atoms with Crippen LogP contribution in [0.25, 0.3) is 0 Å². The summed E-state index contributed by atoms with van der Waals surface area (Å²) in [6, 6.07) is 0.236. The first kappa shape index (κ1) is 9.53. The van der Waals surface area contributed by atoms with E-state index >= 15 is 0 Å². The highest BCUT2D eigenvalue weighted by atomic mass is 15.0. The molecule has 0 saturated carbocycles. The van der Waals surface area contributed by atoms with Crippen molar-refractivity contribution in [2.45, 2.75) is 26.3 Å². The highest BCUT2D eigenvalue weighted by Crippen LogP contribution is 2.08. The first-order valence-corrected chi connectivity index (χ1v) is 4.21. The number of aryl methyl sites for hydroxylation is 1. The molecule has 1 N–H and O–H groups in total. The molecule has 68 valence electrons. The van der Waals surface area contributed by atoms with E-state index in [1.807, 2.05) is 13.8 Å². The van der Waals surface area contributed by atoms with Crippen molar-refractivity contribution in [2.24, 2.45) is 0 Å². The summed E-state index contributed by atoms with van der Waals surface area (Å²) < 4.78 is 0. The van der Waals surface area contributed by atoms with Crippen molar-refractivity contribution >= 4 is 5.82 Å². The Hall–Kier alpha value is -1.56. The molecule has 0 amide bonds. The Morgan fingerprint density at radius 2 is 2.23 bits per heavy atom. The molecule has 0 saturated heterocycles. The summed E-state index contributed by atoms with van der Waals surface area (Å²) in [6.07, 6.45) is 9.22. The topological polar surface area (TPSA) is 37.8 Å². The summed E-state index contributed by atoms with van der Waals surface area (Å²) in [5.74, 6) is 3.41. The lowest BCUT2D eigenvalue weighted by atomic mass is 10.2. The van der Waals surface area contributed by atoms with Crippen LogP contribution in [0.2, 0.25) is 0 Å². The van der Waals surface area contributed by atoms with Gasteiger partial charge in [0.25, 0.3) is 0 Å². The van der Waals surface area contributed by atoms with E-state index in [9.17, 15) is 0 Å². The van der Waals surface area contributed by atoms with E-state index in [1.54, 1.807) is 12.4 Å². The lowest BCUT2D eigenvalue weighted by molar-refractivity contribution is 0.816. The van der Waals surface area contributed by atoms with Crippen molar-refractivity contribution in [3.63, 3.8) is 0 Å². The summed E-state index contributed by atoms with van der Waals surface area (Å²) in [5.41, 5.74) is 0.895. The van der Waals surface area contributed by atoms with Crippen LogP contribution < -0.4 is 5.32 Å². The summed E-state index contributed by atoms with van der Waals surface area (Å²) in [6.45, 7) is 3.94. The monoisotopic (exact) mass is 175 g/mol. The molecule has 1 aromatic heterocycles. The van der Waals surface area contributed by atoms with Gasteiger partial charge in [0, 0.05) is 24.9 Å². The molecule has 13 heavy (non-hydrogen) atoms. The minimum atomic E-state index is 0.236. The van der Waals surface area contributed by atoms with Crippen LogP contribution in [0.5, 0.6) is 0 Å². The van der Waals surface area contributed by atoms with Gasteiger partial charge < -0.3 is 5.32 Å². The normalized spacial score (nSPS) is 11.8. The number of nitrogens with one attached hydrogen (secondary N) is 1. The van der Waals surface area contributed by atoms with Crippen LogP contribution in [-0.2, 0) is 0 Å². The second-order valence-corrected chi connectivity index (χ2v) is 2.94. The molecule has 3 heteroatoms. The molecule has 0 aliphatic rings. The van der Waals surface area contributed by atoms with Gasteiger partial charge in [-0.15, -0.1) is 12.3 Å². The van der Waals surface area contributed by atoms with Gasteiger partial charge in [0.05, 0.1) is 5.69 Å². The molecule has 3 nitrogen and oxygen atoms in total. The third kappa shape index (κ3) is 2.75. The number of aromatic nitrogens is 2. The smallest absolute Gasteiger partial charge is 0.147 e. The summed E-state index contributed by atoms with van der Waals surface area (Å²) in [7, 11) is 0. The number of hydrogen-bond donors (Lipinski definition) is 1. The highest BCUT2D eigenvalue weighted by Gasteiger charge is 2.03. The van der Waals surface area contributed by atoms with Crippen molar-refractivity contribution in [3.8, 4) is 12.3 Å². The molecule has 0 bridgehead atoms. The van der Waals surface area contributed by atoms with Crippen LogP contribution in [0, 0.1) is 19.3 Å². The second kappa shape index (κ2) is 4.46. The van der Waals surface area contributed by atoms with Gasteiger partial charge in [0.15, 0.2) is 0 Å². The lowest BCUT2D eigenvalue weighted by Crippen LogP contribution is -2.16. The van der Waals surface area contributed by atoms with Crippen LogP contribution in [-0.4, -0.2) is 16.0 Å². The fourth-order valence-corrected chi connectivity index (χ4v) is 1.01. The molecule has 1 heterocycles. The molecule has 0 radical (unpaired) electrons. The molecular weight excluding hydrogens is 162 g/mol. The Morgan fingerprint density at radius 3 is 2.85 bits per heavy atom. The van der Waals surface area contributed by atoms with Crippen molar-refractivity contribution in [1.82, 2.24) is 9.97 Å². The third-order valence-corrected chi connectivity index (χ3v) is 1.69. The van der Waals surface area contributed by atoms with Gasteiger partial charge in [0.1, 0.15) is 5.82 Å². The zero-order valence-corrected chi connectivity index (χ0v) is 7.91. The molecule has 0 aliphatic heterocycles. The second-order valence-electron chi connectivity index (χ2n) is 2.94. The van der Waals surface area contributed by atoms with Crippen LogP contribution >= 0.6 is 0 Å².